The standard InChI is InChI=1S/C30H38O5/c1-3-4-10-21(2)27(31)16-15-25-26-18-22(17-24(26)19-28(25)32)11-8-9-14-30(34)35-20-29(33)23-12-6-5-7-13-23/h5-7,11-13,15-16,21,24-28,31-32H,8-10,14,17-20H2,1-2H3/b16-15+,22-11-. The van der Waals surface area contributed by atoms with Crippen molar-refractivity contribution in [1.82, 2.24) is 0 Å². The lowest BCUT2D eigenvalue weighted by atomic mass is 9.89. The Morgan fingerprint density at radius 1 is 1.23 bits per heavy atom. The molecule has 1 aromatic carbocycles. The third-order valence-corrected chi connectivity index (χ3v) is 7.30. The highest BCUT2D eigenvalue weighted by atomic mass is 16.5. The van der Waals surface area contributed by atoms with Crippen LogP contribution < -0.4 is 0 Å². The van der Waals surface area contributed by atoms with Crippen molar-refractivity contribution in [2.75, 3.05) is 6.61 Å². The number of allylic oxidation sites excluding steroid dienone is 2. The molecular weight excluding hydrogens is 440 g/mol. The van der Waals surface area contributed by atoms with E-state index in [1.165, 1.54) is 5.57 Å². The lowest BCUT2D eigenvalue weighted by Gasteiger charge is -2.19. The van der Waals surface area contributed by atoms with Gasteiger partial charge in [-0.1, -0.05) is 61.1 Å². The second kappa shape index (κ2) is 13.4. The van der Waals surface area contributed by atoms with Crippen molar-refractivity contribution < 1.29 is 24.5 Å². The topological polar surface area (TPSA) is 83.8 Å². The van der Waals surface area contributed by atoms with Gasteiger partial charge in [-0.15, -0.1) is 11.8 Å². The number of aliphatic hydroxyl groups excluding tert-OH is 2. The lowest BCUT2D eigenvalue weighted by molar-refractivity contribution is -0.142. The predicted octanol–water partition coefficient (Wildman–Crippen LogP) is 4.88. The van der Waals surface area contributed by atoms with Crippen molar-refractivity contribution in [3.8, 4) is 11.8 Å². The van der Waals surface area contributed by atoms with Crippen LogP contribution in [0, 0.1) is 35.5 Å². The summed E-state index contributed by atoms with van der Waals surface area (Å²) in [5.74, 6) is 6.35. The van der Waals surface area contributed by atoms with E-state index in [0.29, 0.717) is 36.7 Å². The molecule has 3 rings (SSSR count). The van der Waals surface area contributed by atoms with Gasteiger partial charge >= 0.3 is 5.97 Å². The Kier molecular flexibility index (Phi) is 10.3. The number of esters is 1. The number of carbonyl (C=O) groups excluding carboxylic acids is 2. The van der Waals surface area contributed by atoms with E-state index in [2.05, 4.69) is 17.9 Å². The Hall–Kier alpha value is -2.68. The molecule has 0 amide bonds. The van der Waals surface area contributed by atoms with Crippen molar-refractivity contribution in [3.05, 3.63) is 59.7 Å². The summed E-state index contributed by atoms with van der Waals surface area (Å²) in [5.41, 5.74) is 1.94. The van der Waals surface area contributed by atoms with E-state index in [-0.39, 0.29) is 36.3 Å². The second-order valence-corrected chi connectivity index (χ2v) is 9.90. The molecule has 0 heterocycles. The number of carbonyl (C=O) groups is 2. The van der Waals surface area contributed by atoms with Crippen LogP contribution in [-0.4, -0.2) is 40.8 Å². The largest absolute Gasteiger partial charge is 0.457 e. The van der Waals surface area contributed by atoms with Crippen LogP contribution in [0.5, 0.6) is 0 Å². The number of hydrogen-bond donors (Lipinski definition) is 2. The fourth-order valence-electron chi connectivity index (χ4n) is 5.23. The lowest BCUT2D eigenvalue weighted by Crippen LogP contribution is -2.19. The number of benzene rings is 1. The molecule has 188 valence electrons. The molecular formula is C30H38O5. The zero-order chi connectivity index (χ0) is 25.2. The molecule has 2 fully saturated rings. The fraction of sp³-hybridized carbons (Fsp3) is 0.533. The van der Waals surface area contributed by atoms with Gasteiger partial charge in [-0.3, -0.25) is 9.59 Å². The Bertz CT molecular complexity index is 967. The van der Waals surface area contributed by atoms with Gasteiger partial charge in [0.05, 0.1) is 12.2 Å². The molecule has 2 aliphatic carbocycles. The van der Waals surface area contributed by atoms with Crippen LogP contribution in [0.2, 0.25) is 0 Å². The minimum Gasteiger partial charge on any atom is -0.457 e. The first kappa shape index (κ1) is 26.9. The Morgan fingerprint density at radius 3 is 2.74 bits per heavy atom. The summed E-state index contributed by atoms with van der Waals surface area (Å²) in [7, 11) is 0. The molecule has 6 unspecified atom stereocenters. The highest BCUT2D eigenvalue weighted by Gasteiger charge is 2.45. The Morgan fingerprint density at radius 2 is 2.00 bits per heavy atom. The van der Waals surface area contributed by atoms with Gasteiger partial charge < -0.3 is 14.9 Å². The summed E-state index contributed by atoms with van der Waals surface area (Å²) in [6.45, 7) is 3.57. The van der Waals surface area contributed by atoms with E-state index in [1.807, 2.05) is 25.1 Å². The number of unbranched alkanes of at least 4 members (excludes halogenated alkanes) is 1. The molecule has 0 aliphatic heterocycles. The molecule has 2 aliphatic rings. The number of ketones is 1. The molecule has 0 bridgehead atoms. The van der Waals surface area contributed by atoms with Gasteiger partial charge in [0.25, 0.3) is 0 Å². The maximum Gasteiger partial charge on any atom is 0.306 e. The molecule has 2 N–H and O–H groups in total. The number of ether oxygens (including phenoxy) is 1. The van der Waals surface area contributed by atoms with Crippen LogP contribution in [0.25, 0.3) is 0 Å². The number of aliphatic hydroxyl groups is 2. The molecule has 5 heteroatoms. The highest BCUT2D eigenvalue weighted by Crippen LogP contribution is 2.50. The summed E-state index contributed by atoms with van der Waals surface area (Å²) in [5, 5.41) is 21.0. The number of hydrogen-bond acceptors (Lipinski definition) is 5. The quantitative estimate of drug-likeness (QED) is 0.156. The Balaban J connectivity index is 1.40. The van der Waals surface area contributed by atoms with Crippen molar-refractivity contribution in [2.45, 2.75) is 71.0 Å². The van der Waals surface area contributed by atoms with Gasteiger partial charge in [0.2, 0.25) is 0 Å². The maximum atomic E-state index is 12.0. The van der Waals surface area contributed by atoms with Gasteiger partial charge in [0.1, 0.15) is 0 Å². The normalized spacial score (nSPS) is 26.2. The first-order chi connectivity index (χ1) is 16.9. The number of Topliss-reactive ketones (excluding diaryl/α,β-unsaturated/α-hetero) is 1. The summed E-state index contributed by atoms with van der Waals surface area (Å²) in [6, 6.07) is 8.83. The molecule has 1 aromatic rings. The monoisotopic (exact) mass is 478 g/mol. The zero-order valence-corrected chi connectivity index (χ0v) is 20.9. The average molecular weight is 479 g/mol. The average Bonchev–Trinajstić information content (AvgIpc) is 3.38. The first-order valence-electron chi connectivity index (χ1n) is 12.7. The number of rotatable bonds is 11. The molecule has 6 atom stereocenters. The van der Waals surface area contributed by atoms with E-state index in [1.54, 1.807) is 31.2 Å². The van der Waals surface area contributed by atoms with Crippen LogP contribution in [0.1, 0.15) is 69.2 Å². The van der Waals surface area contributed by atoms with E-state index in [9.17, 15) is 19.8 Å². The van der Waals surface area contributed by atoms with Crippen LogP contribution in [0.3, 0.4) is 0 Å². The van der Waals surface area contributed by atoms with Crippen LogP contribution in [0.15, 0.2) is 54.1 Å². The van der Waals surface area contributed by atoms with Crippen molar-refractivity contribution in [2.24, 2.45) is 23.7 Å². The van der Waals surface area contributed by atoms with Crippen molar-refractivity contribution >= 4 is 11.8 Å². The molecule has 35 heavy (non-hydrogen) atoms. The first-order valence-corrected chi connectivity index (χ1v) is 12.7. The smallest absolute Gasteiger partial charge is 0.306 e. The highest BCUT2D eigenvalue weighted by molar-refractivity contribution is 5.97. The van der Waals surface area contributed by atoms with Crippen LogP contribution in [0.4, 0.5) is 0 Å². The second-order valence-electron chi connectivity index (χ2n) is 9.90. The van der Waals surface area contributed by atoms with E-state index in [4.69, 9.17) is 4.74 Å². The SMILES string of the molecule is CC#CCC(C)C(O)/C=C/C1C(O)CC2C/C(=C/CCCC(=O)OCC(=O)c3ccccc3)CC21. The molecule has 0 saturated heterocycles. The predicted molar refractivity (Wildman–Crippen MR) is 136 cm³/mol. The molecule has 0 radical (unpaired) electrons. The van der Waals surface area contributed by atoms with E-state index >= 15 is 0 Å². The number of fused-ring (bicyclic) bond motifs is 1. The summed E-state index contributed by atoms with van der Waals surface area (Å²) in [6.07, 6.45) is 10.4. The summed E-state index contributed by atoms with van der Waals surface area (Å²) < 4.78 is 5.13. The minimum atomic E-state index is -0.554. The van der Waals surface area contributed by atoms with Gasteiger partial charge in [-0.25, -0.2) is 0 Å². The van der Waals surface area contributed by atoms with Crippen molar-refractivity contribution in [1.29, 1.82) is 0 Å². The maximum absolute atomic E-state index is 12.0. The van der Waals surface area contributed by atoms with Crippen LogP contribution >= 0.6 is 0 Å². The van der Waals surface area contributed by atoms with Gasteiger partial charge in [0.15, 0.2) is 12.4 Å². The van der Waals surface area contributed by atoms with E-state index < -0.39 is 6.10 Å². The molecule has 2 saturated carbocycles. The summed E-state index contributed by atoms with van der Waals surface area (Å²) in [4.78, 5) is 24.0. The molecule has 0 spiro atoms. The third-order valence-electron chi connectivity index (χ3n) is 7.30. The minimum absolute atomic E-state index is 0.0650. The van der Waals surface area contributed by atoms with Gasteiger partial charge in [-0.05, 0) is 56.8 Å². The van der Waals surface area contributed by atoms with E-state index in [0.717, 1.165) is 25.7 Å². The molecule has 0 aromatic heterocycles. The fourth-order valence-corrected chi connectivity index (χ4v) is 5.23. The van der Waals surface area contributed by atoms with Gasteiger partial charge in [-0.2, -0.15) is 0 Å². The van der Waals surface area contributed by atoms with Gasteiger partial charge in [0, 0.05) is 24.3 Å². The zero-order valence-electron chi connectivity index (χ0n) is 20.9. The summed E-state index contributed by atoms with van der Waals surface area (Å²) >= 11 is 0. The molecule has 5 nitrogen and oxygen atoms in total. The van der Waals surface area contributed by atoms with Crippen molar-refractivity contribution in [3.63, 3.8) is 0 Å². The van der Waals surface area contributed by atoms with Crippen LogP contribution in [-0.2, 0) is 9.53 Å². The third kappa shape index (κ3) is 7.92. The Labute approximate surface area is 209 Å².